The van der Waals surface area contributed by atoms with E-state index in [2.05, 4.69) is 38.1 Å². The normalized spacial score (nSPS) is 7.47. The molecule has 0 aliphatic heterocycles. The molecule has 0 atom stereocenters. The molecule has 0 radical (unpaired) electrons. The smallest absolute Gasteiger partial charge is 0.542 e. The van der Waals surface area contributed by atoms with Crippen molar-refractivity contribution in [2.45, 2.75) is 20.8 Å². The van der Waals surface area contributed by atoms with Gasteiger partial charge in [-0.3, -0.25) is 6.29 Å². The van der Waals surface area contributed by atoms with Crippen LogP contribution in [0, 0.1) is 13.8 Å². The maximum Gasteiger partial charge on any atom is 2.00 e. The number of carbonyl (C=O) groups excluding carboxylic acids is 1. The maximum atomic E-state index is 8.68. The molecule has 92 valence electrons. The first-order valence-electron chi connectivity index (χ1n) is 5.19. The number of aryl methyl sites for hydroxylation is 2. The molecular formula is C15H18FeO. The van der Waals surface area contributed by atoms with E-state index < -0.39 is 0 Å². The Labute approximate surface area is 115 Å². The largest absolute Gasteiger partial charge is 2.00 e. The van der Waals surface area contributed by atoms with Crippen LogP contribution in [0.25, 0.3) is 0 Å². The van der Waals surface area contributed by atoms with Crippen molar-refractivity contribution in [3.8, 4) is 0 Å². The first-order chi connectivity index (χ1) is 7.70. The topological polar surface area (TPSA) is 17.1 Å². The van der Waals surface area contributed by atoms with Crippen LogP contribution in [0.2, 0.25) is 0 Å². The second kappa shape index (κ2) is 12.8. The van der Waals surface area contributed by atoms with Gasteiger partial charge in [-0.25, -0.2) is 12.1 Å². The molecule has 2 heteroatoms. The van der Waals surface area contributed by atoms with Crippen molar-refractivity contribution in [1.82, 2.24) is 0 Å². The molecule has 0 bridgehead atoms. The van der Waals surface area contributed by atoms with Gasteiger partial charge < -0.3 is 4.79 Å². The average Bonchev–Trinajstić information content (AvgIpc) is 2.82. The van der Waals surface area contributed by atoms with Crippen LogP contribution >= 0.6 is 0 Å². The second-order valence-corrected chi connectivity index (χ2v) is 3.32. The molecule has 0 heterocycles. The van der Waals surface area contributed by atoms with Crippen molar-refractivity contribution < 1.29 is 21.9 Å². The van der Waals surface area contributed by atoms with Gasteiger partial charge in [-0.15, -0.1) is 0 Å². The number of hydrogen-bond donors (Lipinski definition) is 0. The van der Waals surface area contributed by atoms with Crippen LogP contribution in [0.15, 0.2) is 54.6 Å². The van der Waals surface area contributed by atoms with Crippen molar-refractivity contribution in [1.29, 1.82) is 0 Å². The van der Waals surface area contributed by atoms with Crippen LogP contribution in [0.3, 0.4) is 0 Å². The summed E-state index contributed by atoms with van der Waals surface area (Å²) in [7, 11) is 0. The summed E-state index contributed by atoms with van der Waals surface area (Å²) >= 11 is 0. The van der Waals surface area contributed by atoms with Crippen LogP contribution in [-0.2, 0) is 21.9 Å². The SMILES string of the molecule is C[C-]=O.Cc1ccc(C)cc1.[Fe+2].c1cc[cH-]c1. The minimum atomic E-state index is 0. The number of rotatable bonds is 0. The zero-order valence-corrected chi connectivity index (χ0v) is 11.6. The monoisotopic (exact) mass is 270 g/mol. The molecule has 2 rings (SSSR count). The van der Waals surface area contributed by atoms with Gasteiger partial charge in [0.25, 0.3) is 0 Å². The average molecular weight is 270 g/mol. The minimum Gasteiger partial charge on any atom is -0.542 e. The van der Waals surface area contributed by atoms with Crippen molar-refractivity contribution in [3.05, 3.63) is 65.7 Å². The van der Waals surface area contributed by atoms with E-state index in [-0.39, 0.29) is 17.1 Å². The van der Waals surface area contributed by atoms with Gasteiger partial charge >= 0.3 is 17.1 Å². The summed E-state index contributed by atoms with van der Waals surface area (Å²) in [5, 5.41) is 0. The van der Waals surface area contributed by atoms with E-state index in [0.29, 0.717) is 0 Å². The van der Waals surface area contributed by atoms with Crippen molar-refractivity contribution in [2.75, 3.05) is 0 Å². The van der Waals surface area contributed by atoms with E-state index >= 15 is 0 Å². The first-order valence-corrected chi connectivity index (χ1v) is 5.19. The molecule has 0 unspecified atom stereocenters. The summed E-state index contributed by atoms with van der Waals surface area (Å²) in [5.74, 6) is 0. The second-order valence-electron chi connectivity index (χ2n) is 3.32. The Bertz CT molecular complexity index is 311. The van der Waals surface area contributed by atoms with Crippen molar-refractivity contribution in [3.63, 3.8) is 0 Å². The molecule has 2 aromatic carbocycles. The summed E-state index contributed by atoms with van der Waals surface area (Å²) in [6.45, 7) is 5.51. The molecule has 0 amide bonds. The predicted molar refractivity (Wildman–Crippen MR) is 69.3 cm³/mol. The van der Waals surface area contributed by atoms with Gasteiger partial charge in [-0.1, -0.05) is 35.4 Å². The Hall–Kier alpha value is -1.24. The third-order valence-electron chi connectivity index (χ3n) is 1.77. The molecule has 0 saturated heterocycles. The van der Waals surface area contributed by atoms with Gasteiger partial charge in [-0.2, -0.15) is 25.1 Å². The molecule has 0 spiro atoms. The quantitative estimate of drug-likeness (QED) is 0.525. The van der Waals surface area contributed by atoms with E-state index in [9.17, 15) is 0 Å². The zero-order chi connectivity index (χ0) is 12.2. The standard InChI is InChI=1S/C8H10.C5H5.C2H3O.Fe/c1-7-3-5-8(2)6-4-7;1-2-4-5-3-1;1-2-3;/h3-6H,1-2H3;1-5H;1H3;/q;2*-1;+2. The van der Waals surface area contributed by atoms with E-state index in [0.717, 1.165) is 0 Å². The molecule has 0 saturated carbocycles. The van der Waals surface area contributed by atoms with Crippen LogP contribution in [-0.4, -0.2) is 6.29 Å². The van der Waals surface area contributed by atoms with E-state index in [4.69, 9.17) is 4.79 Å². The minimum absolute atomic E-state index is 0. The van der Waals surface area contributed by atoms with Crippen molar-refractivity contribution >= 4 is 6.29 Å². The Kier molecular flexibility index (Phi) is 13.7. The third kappa shape index (κ3) is 12.7. The third-order valence-corrected chi connectivity index (χ3v) is 1.77. The molecule has 0 aliphatic rings. The van der Waals surface area contributed by atoms with Gasteiger partial charge in [0.2, 0.25) is 0 Å². The zero-order valence-electron chi connectivity index (χ0n) is 10.5. The Morgan fingerprint density at radius 3 is 1.41 bits per heavy atom. The Morgan fingerprint density at radius 2 is 1.24 bits per heavy atom. The fraction of sp³-hybridized carbons (Fsp3) is 0.200. The maximum absolute atomic E-state index is 8.68. The van der Waals surface area contributed by atoms with Crippen molar-refractivity contribution in [2.24, 2.45) is 0 Å². The summed E-state index contributed by atoms with van der Waals surface area (Å²) in [6, 6.07) is 18.5. The summed E-state index contributed by atoms with van der Waals surface area (Å²) in [6.07, 6.45) is 1.50. The molecule has 0 N–H and O–H groups in total. The molecule has 0 fully saturated rings. The van der Waals surface area contributed by atoms with Gasteiger partial charge in [0.1, 0.15) is 0 Å². The van der Waals surface area contributed by atoms with E-state index in [1.54, 1.807) is 0 Å². The first kappa shape index (κ1) is 18.1. The predicted octanol–water partition coefficient (Wildman–Crippen LogP) is 3.82. The van der Waals surface area contributed by atoms with Gasteiger partial charge in [0.15, 0.2) is 0 Å². The van der Waals surface area contributed by atoms with Crippen LogP contribution < -0.4 is 0 Å². The van der Waals surface area contributed by atoms with E-state index in [1.165, 1.54) is 24.3 Å². The summed E-state index contributed by atoms with van der Waals surface area (Å²) < 4.78 is 0. The molecule has 0 aliphatic carbocycles. The summed E-state index contributed by atoms with van der Waals surface area (Å²) in [5.41, 5.74) is 2.66. The molecular weight excluding hydrogens is 252 g/mol. The van der Waals surface area contributed by atoms with Crippen LogP contribution in [0.1, 0.15) is 18.1 Å². The van der Waals surface area contributed by atoms with Gasteiger partial charge in [0.05, 0.1) is 0 Å². The Balaban J connectivity index is 0. The molecule has 2 aromatic rings. The molecule has 17 heavy (non-hydrogen) atoms. The van der Waals surface area contributed by atoms with Gasteiger partial charge in [0, 0.05) is 0 Å². The number of benzene rings is 1. The van der Waals surface area contributed by atoms with Crippen LogP contribution in [0.5, 0.6) is 0 Å². The summed E-state index contributed by atoms with van der Waals surface area (Å²) in [4.78, 5) is 8.68. The van der Waals surface area contributed by atoms with E-state index in [1.807, 2.05) is 30.3 Å². The Morgan fingerprint density at radius 1 is 0.941 bits per heavy atom. The fourth-order valence-electron chi connectivity index (χ4n) is 0.958. The molecule has 0 aromatic heterocycles. The van der Waals surface area contributed by atoms with Gasteiger partial charge in [-0.05, 0) is 13.8 Å². The molecule has 1 nitrogen and oxygen atoms in total. The fourth-order valence-corrected chi connectivity index (χ4v) is 0.958. The number of hydrogen-bond acceptors (Lipinski definition) is 1. The van der Waals surface area contributed by atoms with Crippen LogP contribution in [0.4, 0.5) is 0 Å².